The molecule has 2 amide bonds. The summed E-state index contributed by atoms with van der Waals surface area (Å²) in [5.41, 5.74) is 2.77. The van der Waals surface area contributed by atoms with Gasteiger partial charge < -0.3 is 10.2 Å². The second-order valence-corrected chi connectivity index (χ2v) is 10.1. The summed E-state index contributed by atoms with van der Waals surface area (Å²) >= 11 is 0. The van der Waals surface area contributed by atoms with Crippen LogP contribution in [0.1, 0.15) is 44.7 Å². The molecule has 1 fully saturated rings. The molecular formula is C26H27N3O4S. The molecule has 8 heteroatoms. The highest BCUT2D eigenvalue weighted by Crippen LogP contribution is 2.24. The van der Waals surface area contributed by atoms with Gasteiger partial charge in [0.25, 0.3) is 21.8 Å². The van der Waals surface area contributed by atoms with E-state index in [0.29, 0.717) is 35.6 Å². The number of amides is 2. The number of carbonyl (C=O) groups is 2. The van der Waals surface area contributed by atoms with Crippen molar-refractivity contribution >= 4 is 33.2 Å². The Hall–Kier alpha value is -3.65. The van der Waals surface area contributed by atoms with Gasteiger partial charge in [-0.15, -0.1) is 0 Å². The van der Waals surface area contributed by atoms with Crippen LogP contribution in [0.3, 0.4) is 0 Å². The van der Waals surface area contributed by atoms with Crippen molar-refractivity contribution in [3.05, 3.63) is 89.0 Å². The highest BCUT2D eigenvalue weighted by atomic mass is 32.2. The maximum atomic E-state index is 13.1. The minimum Gasteiger partial charge on any atom is -0.339 e. The van der Waals surface area contributed by atoms with E-state index in [0.717, 1.165) is 18.4 Å². The summed E-state index contributed by atoms with van der Waals surface area (Å²) in [6.07, 6.45) is 1.94. The maximum Gasteiger partial charge on any atom is 0.262 e. The maximum absolute atomic E-state index is 13.1. The molecule has 1 aliphatic rings. The average molecular weight is 478 g/mol. The van der Waals surface area contributed by atoms with Gasteiger partial charge in [0.15, 0.2) is 0 Å². The first-order valence-corrected chi connectivity index (χ1v) is 12.6. The van der Waals surface area contributed by atoms with E-state index in [1.165, 1.54) is 6.07 Å². The van der Waals surface area contributed by atoms with Crippen LogP contribution in [0.25, 0.3) is 0 Å². The molecule has 1 aliphatic heterocycles. The predicted octanol–water partition coefficient (Wildman–Crippen LogP) is 4.59. The van der Waals surface area contributed by atoms with Crippen molar-refractivity contribution in [2.24, 2.45) is 0 Å². The van der Waals surface area contributed by atoms with Crippen LogP contribution in [-0.4, -0.2) is 38.2 Å². The lowest BCUT2D eigenvalue weighted by Crippen LogP contribution is -2.28. The third kappa shape index (κ3) is 4.97. The number of hydrogen-bond donors (Lipinski definition) is 2. The van der Waals surface area contributed by atoms with Crippen LogP contribution in [-0.2, 0) is 10.0 Å². The Balaban J connectivity index is 1.60. The normalized spacial score (nSPS) is 13.5. The van der Waals surface area contributed by atoms with Gasteiger partial charge in [-0.3, -0.25) is 14.3 Å². The third-order valence-electron chi connectivity index (χ3n) is 5.93. The highest BCUT2D eigenvalue weighted by molar-refractivity contribution is 7.92. The SMILES string of the molecule is Cc1ccccc1NS(=O)(=O)c1cc(C(=O)Nc2ccccc2C(=O)N2CCCC2)ccc1C. The number of anilines is 2. The van der Waals surface area contributed by atoms with Crippen LogP contribution in [0.15, 0.2) is 71.6 Å². The number of rotatable bonds is 6. The molecule has 176 valence electrons. The number of para-hydroxylation sites is 2. The monoisotopic (exact) mass is 477 g/mol. The zero-order valence-electron chi connectivity index (χ0n) is 19.2. The Bertz CT molecular complexity index is 1350. The minimum absolute atomic E-state index is 0.0184. The first kappa shape index (κ1) is 23.5. The van der Waals surface area contributed by atoms with Crippen LogP contribution in [0.2, 0.25) is 0 Å². The van der Waals surface area contributed by atoms with Gasteiger partial charge in [-0.25, -0.2) is 8.42 Å². The van der Waals surface area contributed by atoms with E-state index < -0.39 is 15.9 Å². The molecule has 4 rings (SSSR count). The molecule has 0 aliphatic carbocycles. The number of aryl methyl sites for hydroxylation is 2. The van der Waals surface area contributed by atoms with Crippen molar-refractivity contribution in [1.82, 2.24) is 4.90 Å². The Morgan fingerprint density at radius 2 is 1.47 bits per heavy atom. The van der Waals surface area contributed by atoms with Gasteiger partial charge in [-0.1, -0.05) is 36.4 Å². The number of benzene rings is 3. The fourth-order valence-corrected chi connectivity index (χ4v) is 5.38. The van der Waals surface area contributed by atoms with Gasteiger partial charge in [-0.2, -0.15) is 0 Å². The molecule has 1 saturated heterocycles. The van der Waals surface area contributed by atoms with Gasteiger partial charge >= 0.3 is 0 Å². The van der Waals surface area contributed by atoms with Crippen molar-refractivity contribution in [2.45, 2.75) is 31.6 Å². The number of nitrogens with one attached hydrogen (secondary N) is 2. The summed E-state index contributed by atoms with van der Waals surface area (Å²) in [4.78, 5) is 27.8. The lowest BCUT2D eigenvalue weighted by molar-refractivity contribution is 0.0794. The van der Waals surface area contributed by atoms with E-state index in [1.54, 1.807) is 60.4 Å². The number of carbonyl (C=O) groups excluding carboxylic acids is 2. The lowest BCUT2D eigenvalue weighted by Gasteiger charge is -2.18. The zero-order chi connectivity index (χ0) is 24.3. The predicted molar refractivity (Wildman–Crippen MR) is 133 cm³/mol. The van der Waals surface area contributed by atoms with E-state index in [9.17, 15) is 18.0 Å². The Kier molecular flexibility index (Phi) is 6.70. The molecular weight excluding hydrogens is 450 g/mol. The van der Waals surface area contributed by atoms with Crippen molar-refractivity contribution in [3.8, 4) is 0 Å². The molecule has 0 aromatic heterocycles. The topological polar surface area (TPSA) is 95.6 Å². The third-order valence-corrected chi connectivity index (χ3v) is 7.44. The fourth-order valence-electron chi connectivity index (χ4n) is 3.98. The minimum atomic E-state index is -3.92. The summed E-state index contributed by atoms with van der Waals surface area (Å²) < 4.78 is 28.8. The van der Waals surface area contributed by atoms with Gasteiger partial charge in [0.05, 0.1) is 21.8 Å². The van der Waals surface area contributed by atoms with Gasteiger partial charge in [0, 0.05) is 18.7 Å². The van der Waals surface area contributed by atoms with Crippen molar-refractivity contribution in [1.29, 1.82) is 0 Å². The Morgan fingerprint density at radius 1 is 0.824 bits per heavy atom. The molecule has 0 spiro atoms. The Morgan fingerprint density at radius 3 is 2.18 bits per heavy atom. The van der Waals surface area contributed by atoms with Crippen molar-refractivity contribution in [2.75, 3.05) is 23.1 Å². The van der Waals surface area contributed by atoms with Crippen LogP contribution in [0, 0.1) is 13.8 Å². The van der Waals surface area contributed by atoms with E-state index in [2.05, 4.69) is 10.0 Å². The highest BCUT2D eigenvalue weighted by Gasteiger charge is 2.24. The Labute approximate surface area is 199 Å². The molecule has 0 atom stereocenters. The van der Waals surface area contributed by atoms with E-state index in [-0.39, 0.29) is 16.4 Å². The van der Waals surface area contributed by atoms with Crippen LogP contribution in [0.4, 0.5) is 11.4 Å². The largest absolute Gasteiger partial charge is 0.339 e. The van der Waals surface area contributed by atoms with Gasteiger partial charge in [0.1, 0.15) is 0 Å². The molecule has 7 nitrogen and oxygen atoms in total. The second-order valence-electron chi connectivity index (χ2n) is 8.40. The van der Waals surface area contributed by atoms with E-state index in [1.807, 2.05) is 19.1 Å². The average Bonchev–Trinajstić information content (AvgIpc) is 3.35. The number of sulfonamides is 1. The number of likely N-dealkylation sites (tertiary alicyclic amines) is 1. The van der Waals surface area contributed by atoms with Gasteiger partial charge in [-0.05, 0) is 68.1 Å². The molecule has 3 aromatic rings. The van der Waals surface area contributed by atoms with Crippen LogP contribution < -0.4 is 10.0 Å². The number of nitrogens with zero attached hydrogens (tertiary/aromatic N) is 1. The summed E-state index contributed by atoms with van der Waals surface area (Å²) in [6.45, 7) is 4.90. The van der Waals surface area contributed by atoms with Crippen molar-refractivity contribution < 1.29 is 18.0 Å². The quantitative estimate of drug-likeness (QED) is 0.543. The molecule has 2 N–H and O–H groups in total. The lowest BCUT2D eigenvalue weighted by atomic mass is 10.1. The molecule has 0 radical (unpaired) electrons. The fraction of sp³-hybridized carbons (Fsp3) is 0.231. The number of hydrogen-bond acceptors (Lipinski definition) is 4. The van der Waals surface area contributed by atoms with Crippen molar-refractivity contribution in [3.63, 3.8) is 0 Å². The molecule has 34 heavy (non-hydrogen) atoms. The molecule has 1 heterocycles. The zero-order valence-corrected chi connectivity index (χ0v) is 20.0. The summed E-state index contributed by atoms with van der Waals surface area (Å²) in [7, 11) is -3.92. The smallest absolute Gasteiger partial charge is 0.262 e. The summed E-state index contributed by atoms with van der Waals surface area (Å²) in [5, 5.41) is 2.79. The molecule has 0 saturated carbocycles. The standard InChI is InChI=1S/C26H27N3O4S/c1-18-9-3-5-11-22(18)28-34(32,33)24-17-20(14-13-19(24)2)25(30)27-23-12-6-4-10-21(23)26(31)29-15-7-8-16-29/h3-6,9-14,17,28H,7-8,15-16H2,1-2H3,(H,27,30). The van der Waals surface area contributed by atoms with E-state index in [4.69, 9.17) is 0 Å². The van der Waals surface area contributed by atoms with Crippen LogP contribution in [0.5, 0.6) is 0 Å². The summed E-state index contributed by atoms with van der Waals surface area (Å²) in [5.74, 6) is -0.614. The second kappa shape index (κ2) is 9.69. The van der Waals surface area contributed by atoms with E-state index >= 15 is 0 Å². The molecule has 0 bridgehead atoms. The summed E-state index contributed by atoms with van der Waals surface area (Å²) in [6, 6.07) is 18.5. The van der Waals surface area contributed by atoms with Crippen LogP contribution >= 0.6 is 0 Å². The first-order chi connectivity index (χ1) is 16.3. The first-order valence-electron chi connectivity index (χ1n) is 11.1. The van der Waals surface area contributed by atoms with Gasteiger partial charge in [0.2, 0.25) is 0 Å². The molecule has 3 aromatic carbocycles. The molecule has 0 unspecified atom stereocenters.